The van der Waals surface area contributed by atoms with E-state index in [0.717, 1.165) is 29.7 Å². The van der Waals surface area contributed by atoms with Gasteiger partial charge in [-0.15, -0.1) is 0 Å². The first kappa shape index (κ1) is 31.4. The summed E-state index contributed by atoms with van der Waals surface area (Å²) in [5.74, 6) is 2.74. The monoisotopic (exact) mass is 596 g/mol. The Morgan fingerprint density at radius 3 is 1.55 bits per heavy atom. The molecule has 2 aromatic rings. The van der Waals surface area contributed by atoms with Crippen molar-refractivity contribution in [3.63, 3.8) is 0 Å². The van der Waals surface area contributed by atoms with Gasteiger partial charge < -0.3 is 9.84 Å². The highest BCUT2D eigenvalue weighted by atomic mass is 16.5. The first-order valence-corrected chi connectivity index (χ1v) is 18.4. The van der Waals surface area contributed by atoms with Crippen molar-refractivity contribution in [1.82, 2.24) is 0 Å². The van der Waals surface area contributed by atoms with Crippen molar-refractivity contribution >= 4 is 5.97 Å². The maximum atomic E-state index is 12.9. The molecule has 4 fully saturated rings. The Morgan fingerprint density at radius 2 is 1.07 bits per heavy atom. The number of phenols is 1. The van der Waals surface area contributed by atoms with Crippen molar-refractivity contribution in [2.75, 3.05) is 0 Å². The fourth-order valence-corrected chi connectivity index (χ4v) is 9.27. The number of hydrogen-bond donors (Lipinski definition) is 1. The second-order valence-electron chi connectivity index (χ2n) is 14.8. The number of ether oxygens (including phenoxy) is 1. The molecule has 4 saturated carbocycles. The average Bonchev–Trinajstić information content (AvgIpc) is 3.09. The first-order valence-electron chi connectivity index (χ1n) is 18.4. The molecule has 0 bridgehead atoms. The molecule has 3 nitrogen and oxygen atoms in total. The maximum Gasteiger partial charge on any atom is 0.335 e. The fourth-order valence-electron chi connectivity index (χ4n) is 9.27. The van der Waals surface area contributed by atoms with Crippen LogP contribution in [0.4, 0.5) is 0 Å². The largest absolute Gasteiger partial charge is 0.507 e. The van der Waals surface area contributed by atoms with Crippen LogP contribution in [-0.2, 0) is 4.79 Å². The van der Waals surface area contributed by atoms with Gasteiger partial charge in [0.15, 0.2) is 0 Å². The highest BCUT2D eigenvalue weighted by Crippen LogP contribution is 2.50. The summed E-state index contributed by atoms with van der Waals surface area (Å²) in [7, 11) is 0. The molecule has 4 aliphatic rings. The number of hydrogen-bond acceptors (Lipinski definition) is 3. The molecular weight excluding hydrogens is 540 g/mol. The molecule has 2 aromatic carbocycles. The van der Waals surface area contributed by atoms with Crippen molar-refractivity contribution in [2.45, 2.75) is 165 Å². The number of benzene rings is 2. The van der Waals surface area contributed by atoms with Gasteiger partial charge in [-0.05, 0) is 97.3 Å². The highest BCUT2D eigenvalue weighted by molar-refractivity contribution is 5.84. The van der Waals surface area contributed by atoms with E-state index < -0.39 is 0 Å². The Hall–Kier alpha value is -2.55. The van der Waals surface area contributed by atoms with Crippen LogP contribution in [-0.4, -0.2) is 11.1 Å². The summed E-state index contributed by atoms with van der Waals surface area (Å²) in [4.78, 5) is 12.9. The van der Waals surface area contributed by atoms with Gasteiger partial charge in [-0.25, -0.2) is 4.79 Å². The van der Waals surface area contributed by atoms with Crippen LogP contribution in [0.1, 0.15) is 198 Å². The minimum Gasteiger partial charge on any atom is -0.507 e. The molecular formula is C41H56O3. The number of carbonyl (C=O) groups is 1. The van der Waals surface area contributed by atoms with E-state index in [1.54, 1.807) is 0 Å². The lowest BCUT2D eigenvalue weighted by molar-refractivity contribution is -0.129. The van der Waals surface area contributed by atoms with Crippen LogP contribution in [0, 0.1) is 0 Å². The normalized spacial score (nSPS) is 22.0. The molecule has 0 aliphatic heterocycles. The van der Waals surface area contributed by atoms with E-state index in [4.69, 9.17) is 4.74 Å². The summed E-state index contributed by atoms with van der Waals surface area (Å²) in [5.41, 5.74) is 7.34. The van der Waals surface area contributed by atoms with Gasteiger partial charge in [-0.2, -0.15) is 0 Å². The molecule has 4 aliphatic carbocycles. The van der Waals surface area contributed by atoms with Crippen LogP contribution < -0.4 is 4.74 Å². The zero-order chi connectivity index (χ0) is 30.5. The average molecular weight is 597 g/mol. The van der Waals surface area contributed by atoms with E-state index in [9.17, 15) is 9.90 Å². The molecule has 6 rings (SSSR count). The minimum absolute atomic E-state index is 0.0839. The maximum absolute atomic E-state index is 12.9. The number of rotatable bonds is 8. The number of aromatic hydroxyl groups is 1. The predicted molar refractivity (Wildman–Crippen MR) is 181 cm³/mol. The van der Waals surface area contributed by atoms with Crippen molar-refractivity contribution < 1.29 is 14.6 Å². The summed E-state index contributed by atoms with van der Waals surface area (Å²) >= 11 is 0. The second-order valence-corrected chi connectivity index (χ2v) is 14.8. The Morgan fingerprint density at radius 1 is 0.659 bits per heavy atom. The van der Waals surface area contributed by atoms with Gasteiger partial charge in [0.2, 0.25) is 0 Å². The Kier molecular flexibility index (Phi) is 10.5. The molecule has 0 amide bonds. The third-order valence-corrected chi connectivity index (χ3v) is 11.9. The summed E-state index contributed by atoms with van der Waals surface area (Å²) in [6.45, 7) is 6.00. The van der Waals surface area contributed by atoms with Crippen molar-refractivity contribution in [3.8, 4) is 11.5 Å². The van der Waals surface area contributed by atoms with Gasteiger partial charge in [0.1, 0.15) is 11.5 Å². The SMILES string of the molecule is C=CC(=O)Oc1c(C2CCCCC2)cc(C2CCCCC2)cc1C(C)c1cc(C2CCCCC2)cc(C2CCCCC2)c1O. The van der Waals surface area contributed by atoms with E-state index in [1.165, 1.54) is 144 Å². The Labute approximate surface area is 266 Å². The topological polar surface area (TPSA) is 46.5 Å². The molecule has 0 saturated heterocycles. The van der Waals surface area contributed by atoms with E-state index in [1.807, 2.05) is 0 Å². The summed E-state index contributed by atoms with van der Waals surface area (Å²) < 4.78 is 6.26. The van der Waals surface area contributed by atoms with E-state index in [-0.39, 0.29) is 11.9 Å². The van der Waals surface area contributed by atoms with Crippen LogP contribution in [0.25, 0.3) is 0 Å². The molecule has 1 N–H and O–H groups in total. The van der Waals surface area contributed by atoms with Gasteiger partial charge in [-0.3, -0.25) is 0 Å². The zero-order valence-electron chi connectivity index (χ0n) is 27.4. The van der Waals surface area contributed by atoms with Gasteiger partial charge in [-0.1, -0.05) is 115 Å². The predicted octanol–water partition coefficient (Wildman–Crippen LogP) is 11.8. The van der Waals surface area contributed by atoms with Crippen molar-refractivity contribution in [2.24, 2.45) is 0 Å². The van der Waals surface area contributed by atoms with E-state index >= 15 is 0 Å². The number of phenolic OH excluding ortho intramolecular Hbond substituents is 1. The van der Waals surface area contributed by atoms with Gasteiger partial charge in [0.05, 0.1) is 0 Å². The van der Waals surface area contributed by atoms with Gasteiger partial charge in [0, 0.05) is 23.1 Å². The molecule has 0 spiro atoms. The molecule has 0 heterocycles. The number of esters is 1. The molecule has 0 radical (unpaired) electrons. The smallest absolute Gasteiger partial charge is 0.335 e. The fraction of sp³-hybridized carbons (Fsp3) is 0.634. The Balaban J connectivity index is 1.50. The summed E-state index contributed by atoms with van der Waals surface area (Å²) in [6.07, 6.45) is 26.3. The van der Waals surface area contributed by atoms with Crippen molar-refractivity contribution in [1.29, 1.82) is 0 Å². The zero-order valence-corrected chi connectivity index (χ0v) is 27.4. The third-order valence-electron chi connectivity index (χ3n) is 11.9. The molecule has 238 valence electrons. The van der Waals surface area contributed by atoms with E-state index in [0.29, 0.717) is 29.4 Å². The molecule has 0 aromatic heterocycles. The van der Waals surface area contributed by atoms with Gasteiger partial charge >= 0.3 is 5.97 Å². The lowest BCUT2D eigenvalue weighted by atomic mass is 9.75. The minimum atomic E-state index is -0.385. The second kappa shape index (κ2) is 14.7. The molecule has 1 unspecified atom stereocenters. The molecule has 3 heteroatoms. The van der Waals surface area contributed by atoms with Crippen LogP contribution in [0.3, 0.4) is 0 Å². The first-order chi connectivity index (χ1) is 21.5. The molecule has 44 heavy (non-hydrogen) atoms. The summed E-state index contributed by atoms with van der Waals surface area (Å²) in [5, 5.41) is 12.1. The lowest BCUT2D eigenvalue weighted by Crippen LogP contribution is -2.16. The van der Waals surface area contributed by atoms with Crippen molar-refractivity contribution in [3.05, 3.63) is 70.3 Å². The summed E-state index contributed by atoms with van der Waals surface area (Å²) in [6, 6.07) is 9.52. The van der Waals surface area contributed by atoms with E-state index in [2.05, 4.69) is 37.8 Å². The number of carbonyl (C=O) groups excluding carboxylic acids is 1. The standard InChI is InChI=1S/C41H56O3/c1-3-39(42)44-41-36(25-34(30-18-10-5-11-19-30)27-38(41)32-22-14-7-15-23-32)28(2)35-24-33(29-16-8-4-9-17-29)26-37(40(35)43)31-20-12-6-13-21-31/h3,24-32,43H,1,4-23H2,2H3. The molecule has 1 atom stereocenters. The van der Waals surface area contributed by atoms with Crippen LogP contribution in [0.15, 0.2) is 36.9 Å². The lowest BCUT2D eigenvalue weighted by Gasteiger charge is -2.31. The van der Waals surface area contributed by atoms with Crippen LogP contribution >= 0.6 is 0 Å². The van der Waals surface area contributed by atoms with Crippen LogP contribution in [0.5, 0.6) is 11.5 Å². The Bertz CT molecular complexity index is 1280. The van der Waals surface area contributed by atoms with Gasteiger partial charge in [0.25, 0.3) is 0 Å². The quantitative estimate of drug-likeness (QED) is 0.187. The van der Waals surface area contributed by atoms with Crippen LogP contribution in [0.2, 0.25) is 0 Å². The highest BCUT2D eigenvalue weighted by Gasteiger charge is 2.31. The third kappa shape index (κ3) is 6.97.